The average molecular weight is 317 g/mol. The predicted molar refractivity (Wildman–Crippen MR) is 86.6 cm³/mol. The van der Waals surface area contributed by atoms with E-state index in [4.69, 9.17) is 22.2 Å². The maximum absolute atomic E-state index is 11.0. The number of nitro benzene ring substituents is 1. The van der Waals surface area contributed by atoms with Gasteiger partial charge in [-0.05, 0) is 26.0 Å². The summed E-state index contributed by atoms with van der Waals surface area (Å²) < 4.78 is 5.82. The molecule has 0 fully saturated rings. The molecule has 0 spiro atoms. The van der Waals surface area contributed by atoms with E-state index in [1.165, 1.54) is 12.1 Å². The molecule has 1 heterocycles. The molecule has 0 aliphatic carbocycles. The van der Waals surface area contributed by atoms with Gasteiger partial charge in [-0.25, -0.2) is 0 Å². The van der Waals surface area contributed by atoms with Gasteiger partial charge in [0.2, 0.25) is 0 Å². The monoisotopic (exact) mass is 317 g/mol. The van der Waals surface area contributed by atoms with Crippen molar-refractivity contribution in [2.24, 2.45) is 0 Å². The van der Waals surface area contributed by atoms with E-state index >= 15 is 0 Å². The van der Waals surface area contributed by atoms with Gasteiger partial charge in [0.15, 0.2) is 0 Å². The van der Waals surface area contributed by atoms with Gasteiger partial charge in [0.25, 0.3) is 5.69 Å². The lowest BCUT2D eigenvalue weighted by Crippen LogP contribution is -2.33. The fourth-order valence-electron chi connectivity index (χ4n) is 2.18. The maximum Gasteiger partial charge on any atom is 0.270 e. The molecule has 22 heavy (non-hydrogen) atoms. The third-order valence-corrected chi connectivity index (χ3v) is 3.46. The zero-order valence-electron chi connectivity index (χ0n) is 12.3. The molecular formula is C15H15N3O3S. The number of nitrogens with zero attached hydrogens (tertiary/aromatic N) is 2. The molecule has 0 atom stereocenters. The van der Waals surface area contributed by atoms with E-state index in [2.05, 4.69) is 5.32 Å². The molecule has 0 bridgehead atoms. The van der Waals surface area contributed by atoms with E-state index < -0.39 is 10.5 Å². The van der Waals surface area contributed by atoms with Crippen molar-refractivity contribution in [3.63, 3.8) is 0 Å². The van der Waals surface area contributed by atoms with Crippen LogP contribution >= 0.6 is 12.2 Å². The second-order valence-electron chi connectivity index (χ2n) is 5.37. The molecule has 0 amide bonds. The summed E-state index contributed by atoms with van der Waals surface area (Å²) in [5.41, 5.74) is 0.679. The molecule has 0 aromatic heterocycles. The van der Waals surface area contributed by atoms with Crippen molar-refractivity contribution >= 4 is 28.5 Å². The molecule has 6 nitrogen and oxygen atoms in total. The third kappa shape index (κ3) is 3.40. The number of nitrogens with one attached hydrogen (secondary N) is 1. The Morgan fingerprint density at radius 3 is 2.91 bits per heavy atom. The number of benzene rings is 1. The summed E-state index contributed by atoms with van der Waals surface area (Å²) >= 11 is 5.36. The van der Waals surface area contributed by atoms with Crippen LogP contribution < -0.4 is 10.1 Å². The summed E-state index contributed by atoms with van der Waals surface area (Å²) in [6, 6.07) is 6.47. The molecular weight excluding hydrogens is 302 g/mol. The van der Waals surface area contributed by atoms with E-state index in [0.717, 1.165) is 0 Å². The lowest BCUT2D eigenvalue weighted by molar-refractivity contribution is -0.384. The number of rotatable bonds is 4. The minimum absolute atomic E-state index is 0.0206. The van der Waals surface area contributed by atoms with Crippen LogP contribution in [-0.4, -0.2) is 22.1 Å². The summed E-state index contributed by atoms with van der Waals surface area (Å²) in [4.78, 5) is 11.0. The molecule has 0 saturated heterocycles. The SMILES string of the molecule is CC1(C)C=C(C(=S)NCCC#N)c2cc([N+](=O)[O-])ccc2O1. The van der Waals surface area contributed by atoms with Crippen molar-refractivity contribution in [3.8, 4) is 11.8 Å². The standard InChI is InChI=1S/C15H15N3O3S/c1-15(2)9-12(14(22)17-7-3-6-16)11-8-10(18(19)20)4-5-13(11)21-15/h4-5,8-9H,3,7H2,1-2H3,(H,17,22). The fraction of sp³-hybridized carbons (Fsp3) is 0.333. The minimum Gasteiger partial charge on any atom is -0.483 e. The van der Waals surface area contributed by atoms with Crippen molar-refractivity contribution in [1.29, 1.82) is 5.26 Å². The Morgan fingerprint density at radius 1 is 1.55 bits per heavy atom. The Balaban J connectivity index is 2.41. The van der Waals surface area contributed by atoms with Gasteiger partial charge in [-0.1, -0.05) is 12.2 Å². The van der Waals surface area contributed by atoms with Gasteiger partial charge in [0.05, 0.1) is 17.4 Å². The van der Waals surface area contributed by atoms with Crippen molar-refractivity contribution < 1.29 is 9.66 Å². The van der Waals surface area contributed by atoms with E-state index in [1.54, 1.807) is 6.07 Å². The Kier molecular flexibility index (Phi) is 4.43. The Hall–Kier alpha value is -2.46. The first-order valence-electron chi connectivity index (χ1n) is 6.70. The molecule has 1 aromatic rings. The number of non-ortho nitro benzene ring substituents is 1. The molecule has 1 aliphatic heterocycles. The molecule has 0 unspecified atom stereocenters. The lowest BCUT2D eigenvalue weighted by Gasteiger charge is -2.31. The highest BCUT2D eigenvalue weighted by molar-refractivity contribution is 7.81. The number of hydrogen-bond acceptors (Lipinski definition) is 5. The van der Waals surface area contributed by atoms with Gasteiger partial charge in [0, 0.05) is 29.8 Å². The average Bonchev–Trinajstić information content (AvgIpc) is 2.45. The quantitative estimate of drug-likeness (QED) is 0.397. The fourth-order valence-corrected chi connectivity index (χ4v) is 2.46. The number of nitro groups is 1. The number of hydrogen-bond donors (Lipinski definition) is 1. The third-order valence-electron chi connectivity index (χ3n) is 3.10. The van der Waals surface area contributed by atoms with Crippen molar-refractivity contribution in [2.75, 3.05) is 6.54 Å². The van der Waals surface area contributed by atoms with E-state index in [0.29, 0.717) is 34.8 Å². The van der Waals surface area contributed by atoms with Crippen LogP contribution in [0.1, 0.15) is 25.8 Å². The Labute approximate surface area is 133 Å². The molecule has 0 saturated carbocycles. The van der Waals surface area contributed by atoms with Crippen LogP contribution in [0.15, 0.2) is 24.3 Å². The number of fused-ring (bicyclic) bond motifs is 1. The topological polar surface area (TPSA) is 88.2 Å². The van der Waals surface area contributed by atoms with E-state index in [1.807, 2.05) is 26.0 Å². The molecule has 1 N–H and O–H groups in total. The zero-order valence-corrected chi connectivity index (χ0v) is 13.1. The zero-order chi connectivity index (χ0) is 16.3. The van der Waals surface area contributed by atoms with Gasteiger partial charge >= 0.3 is 0 Å². The summed E-state index contributed by atoms with van der Waals surface area (Å²) in [6.45, 7) is 4.20. The van der Waals surface area contributed by atoms with E-state index in [9.17, 15) is 10.1 Å². The highest BCUT2D eigenvalue weighted by Gasteiger charge is 2.29. The molecule has 7 heteroatoms. The number of nitriles is 1. The van der Waals surface area contributed by atoms with Crippen LogP contribution in [0.2, 0.25) is 0 Å². The van der Waals surface area contributed by atoms with Gasteiger partial charge in [-0.2, -0.15) is 5.26 Å². The van der Waals surface area contributed by atoms with E-state index in [-0.39, 0.29) is 5.69 Å². The predicted octanol–water partition coefficient (Wildman–Crippen LogP) is 2.98. The number of ether oxygens (including phenoxy) is 1. The minimum atomic E-state index is -0.570. The summed E-state index contributed by atoms with van der Waals surface area (Å²) in [7, 11) is 0. The van der Waals surface area contributed by atoms with Gasteiger partial charge in [-0.15, -0.1) is 0 Å². The van der Waals surface area contributed by atoms with Gasteiger partial charge in [-0.3, -0.25) is 10.1 Å². The summed E-state index contributed by atoms with van der Waals surface area (Å²) in [5.74, 6) is 0.553. The molecule has 0 radical (unpaired) electrons. The van der Waals surface area contributed by atoms with Crippen LogP contribution in [-0.2, 0) is 0 Å². The van der Waals surface area contributed by atoms with Gasteiger partial charge in [0.1, 0.15) is 16.3 Å². The summed E-state index contributed by atoms with van der Waals surface area (Å²) in [5, 5.41) is 22.5. The normalized spacial score (nSPS) is 14.9. The number of thiocarbonyl (C=S) groups is 1. The second kappa shape index (κ2) is 6.12. The first-order chi connectivity index (χ1) is 10.3. The van der Waals surface area contributed by atoms with Crippen molar-refractivity contribution in [2.45, 2.75) is 25.9 Å². The summed E-state index contributed by atoms with van der Waals surface area (Å²) in [6.07, 6.45) is 2.16. The highest BCUT2D eigenvalue weighted by atomic mass is 32.1. The van der Waals surface area contributed by atoms with Crippen LogP contribution in [0.5, 0.6) is 5.75 Å². The van der Waals surface area contributed by atoms with Gasteiger partial charge < -0.3 is 10.1 Å². The van der Waals surface area contributed by atoms with Crippen LogP contribution in [0.4, 0.5) is 5.69 Å². The largest absolute Gasteiger partial charge is 0.483 e. The van der Waals surface area contributed by atoms with Crippen molar-refractivity contribution in [1.82, 2.24) is 5.32 Å². The maximum atomic E-state index is 11.0. The van der Waals surface area contributed by atoms with Crippen LogP contribution in [0.25, 0.3) is 5.57 Å². The highest BCUT2D eigenvalue weighted by Crippen LogP contribution is 2.38. The van der Waals surface area contributed by atoms with Crippen LogP contribution in [0.3, 0.4) is 0 Å². The molecule has 1 aliphatic rings. The first kappa shape index (κ1) is 15.9. The molecule has 2 rings (SSSR count). The Morgan fingerprint density at radius 2 is 2.27 bits per heavy atom. The lowest BCUT2D eigenvalue weighted by atomic mass is 9.94. The smallest absolute Gasteiger partial charge is 0.270 e. The van der Waals surface area contributed by atoms with Crippen LogP contribution in [0, 0.1) is 21.4 Å². The molecule has 114 valence electrons. The van der Waals surface area contributed by atoms with Crippen molar-refractivity contribution in [3.05, 3.63) is 40.0 Å². The molecule has 1 aromatic carbocycles. The second-order valence-corrected chi connectivity index (χ2v) is 5.77. The Bertz CT molecular complexity index is 704. The first-order valence-corrected chi connectivity index (χ1v) is 7.11.